The smallest absolute Gasteiger partial charge is 0.127 e. The van der Waals surface area contributed by atoms with E-state index in [1.165, 1.54) is 5.57 Å². The van der Waals surface area contributed by atoms with Gasteiger partial charge in [0.25, 0.3) is 0 Å². The first-order valence-corrected chi connectivity index (χ1v) is 8.36. The molecule has 0 radical (unpaired) electrons. The van der Waals surface area contributed by atoms with Gasteiger partial charge in [-0.25, -0.2) is 4.98 Å². The molecule has 4 N–H and O–H groups in total. The second kappa shape index (κ2) is 6.36. The third kappa shape index (κ3) is 2.85. The minimum Gasteiger partial charge on any atom is -0.493 e. The van der Waals surface area contributed by atoms with E-state index in [1.807, 2.05) is 49.6 Å². The van der Waals surface area contributed by atoms with Crippen LogP contribution in [0.2, 0.25) is 0 Å². The Bertz CT molecular complexity index is 925. The number of H-pyrrole nitrogens is 1. The number of hydrogen-bond acceptors (Lipinski definition) is 4. The maximum atomic E-state index is 5.80. The molecule has 126 valence electrons. The summed E-state index contributed by atoms with van der Waals surface area (Å²) in [5.74, 6) is 2.44. The molecular weight excluding hydrogens is 312 g/mol. The number of para-hydroxylation sites is 1. The summed E-state index contributed by atoms with van der Waals surface area (Å²) in [5, 5.41) is 3.44. The topological polar surface area (TPSA) is 76.0 Å². The van der Waals surface area contributed by atoms with Gasteiger partial charge in [0, 0.05) is 35.6 Å². The number of ether oxygens (including phenoxy) is 1. The molecule has 0 unspecified atom stereocenters. The number of anilines is 2. The molecule has 0 aliphatic carbocycles. The van der Waals surface area contributed by atoms with Gasteiger partial charge in [-0.3, -0.25) is 0 Å². The van der Waals surface area contributed by atoms with E-state index in [9.17, 15) is 0 Å². The normalized spacial score (nSPS) is 12.9. The second-order valence-electron chi connectivity index (χ2n) is 5.92. The monoisotopic (exact) mass is 332 g/mol. The average molecular weight is 332 g/mol. The van der Waals surface area contributed by atoms with Crippen molar-refractivity contribution in [1.82, 2.24) is 9.97 Å². The molecule has 0 spiro atoms. The van der Waals surface area contributed by atoms with Gasteiger partial charge in [-0.05, 0) is 42.3 Å². The fourth-order valence-corrected chi connectivity index (χ4v) is 3.11. The molecule has 0 fully saturated rings. The molecule has 0 amide bonds. The van der Waals surface area contributed by atoms with Crippen molar-refractivity contribution >= 4 is 23.3 Å². The van der Waals surface area contributed by atoms with E-state index in [-0.39, 0.29) is 0 Å². The molecule has 3 aromatic rings. The summed E-state index contributed by atoms with van der Waals surface area (Å²) in [6.45, 7) is 3.38. The van der Waals surface area contributed by atoms with E-state index in [4.69, 9.17) is 10.5 Å². The van der Waals surface area contributed by atoms with Gasteiger partial charge in [0.05, 0.1) is 6.61 Å². The number of nitrogens with two attached hydrogens (primary N) is 1. The van der Waals surface area contributed by atoms with Gasteiger partial charge < -0.3 is 20.8 Å². The molecule has 1 aliphatic rings. The average Bonchev–Trinajstić information content (AvgIpc) is 3.06. The molecule has 0 bridgehead atoms. The molecule has 4 rings (SSSR count). The van der Waals surface area contributed by atoms with Gasteiger partial charge in [-0.15, -0.1) is 0 Å². The molecular formula is C20H20N4O. The van der Waals surface area contributed by atoms with Crippen molar-refractivity contribution in [2.45, 2.75) is 6.92 Å². The highest BCUT2D eigenvalue weighted by Crippen LogP contribution is 2.39. The Labute approximate surface area is 146 Å². The first-order chi connectivity index (χ1) is 12.3. The number of pyridine rings is 1. The van der Waals surface area contributed by atoms with Crippen molar-refractivity contribution in [3.8, 4) is 16.9 Å². The number of fused-ring (bicyclic) bond motifs is 1. The first-order valence-electron chi connectivity index (χ1n) is 8.36. The predicted molar refractivity (Wildman–Crippen MR) is 102 cm³/mol. The predicted octanol–water partition coefficient (Wildman–Crippen LogP) is 4.02. The molecule has 2 aromatic heterocycles. The van der Waals surface area contributed by atoms with E-state index in [0.29, 0.717) is 12.4 Å². The van der Waals surface area contributed by atoms with Gasteiger partial charge in [-0.1, -0.05) is 18.2 Å². The summed E-state index contributed by atoms with van der Waals surface area (Å²) >= 11 is 0. The number of nitrogens with zero attached hydrogens (tertiary/aromatic N) is 1. The van der Waals surface area contributed by atoms with Crippen LogP contribution in [-0.2, 0) is 0 Å². The highest BCUT2D eigenvalue weighted by atomic mass is 16.5. The molecule has 25 heavy (non-hydrogen) atoms. The summed E-state index contributed by atoms with van der Waals surface area (Å²) in [4.78, 5) is 7.53. The standard InChI is InChI=1S/C20H20N4O/c1-2-25-18-6-4-3-5-15(18)17-12-24-20-16(17)9-14(11-23-20)13-7-8-19(21)22-10-13/h3-10,12,23-24H,2,11H2,1H3,(H2,21,22). The van der Waals surface area contributed by atoms with Crippen LogP contribution in [0.15, 0.2) is 48.8 Å². The molecule has 5 heteroatoms. The first kappa shape index (κ1) is 15.3. The number of nitrogen functional groups attached to an aromatic ring is 1. The van der Waals surface area contributed by atoms with Crippen molar-refractivity contribution < 1.29 is 4.74 Å². The number of rotatable bonds is 4. The van der Waals surface area contributed by atoms with Crippen molar-refractivity contribution in [3.05, 3.63) is 59.9 Å². The van der Waals surface area contributed by atoms with Gasteiger partial charge in [0.2, 0.25) is 0 Å². The van der Waals surface area contributed by atoms with E-state index in [0.717, 1.165) is 40.4 Å². The fourth-order valence-electron chi connectivity index (χ4n) is 3.11. The van der Waals surface area contributed by atoms with Gasteiger partial charge in [0.15, 0.2) is 0 Å². The second-order valence-corrected chi connectivity index (χ2v) is 5.92. The van der Waals surface area contributed by atoms with E-state index in [2.05, 4.69) is 27.4 Å². The zero-order chi connectivity index (χ0) is 17.2. The third-order valence-electron chi connectivity index (χ3n) is 4.33. The van der Waals surface area contributed by atoms with Gasteiger partial charge >= 0.3 is 0 Å². The summed E-state index contributed by atoms with van der Waals surface area (Å²) in [7, 11) is 0. The van der Waals surface area contributed by atoms with E-state index in [1.54, 1.807) is 0 Å². The molecule has 0 atom stereocenters. The van der Waals surface area contributed by atoms with Crippen molar-refractivity contribution in [1.29, 1.82) is 0 Å². The maximum absolute atomic E-state index is 5.80. The Morgan fingerprint density at radius 3 is 2.84 bits per heavy atom. The maximum Gasteiger partial charge on any atom is 0.127 e. The van der Waals surface area contributed by atoms with Crippen LogP contribution in [0.4, 0.5) is 11.6 Å². The minimum absolute atomic E-state index is 0.529. The number of aromatic amines is 1. The number of benzene rings is 1. The lowest BCUT2D eigenvalue weighted by molar-refractivity contribution is 0.341. The van der Waals surface area contributed by atoms with E-state index < -0.39 is 0 Å². The number of nitrogens with one attached hydrogen (secondary N) is 2. The minimum atomic E-state index is 0.529. The lowest BCUT2D eigenvalue weighted by atomic mass is 9.97. The summed E-state index contributed by atoms with van der Waals surface area (Å²) in [6, 6.07) is 11.9. The van der Waals surface area contributed by atoms with Crippen LogP contribution in [0, 0.1) is 0 Å². The Morgan fingerprint density at radius 1 is 1.16 bits per heavy atom. The molecule has 5 nitrogen and oxygen atoms in total. The lowest BCUT2D eigenvalue weighted by Crippen LogP contribution is -2.10. The van der Waals surface area contributed by atoms with Crippen molar-refractivity contribution in [2.75, 3.05) is 24.2 Å². The number of aromatic nitrogens is 2. The zero-order valence-corrected chi connectivity index (χ0v) is 14.0. The van der Waals surface area contributed by atoms with Crippen molar-refractivity contribution in [2.24, 2.45) is 0 Å². The molecule has 1 aromatic carbocycles. The quantitative estimate of drug-likeness (QED) is 0.674. The Morgan fingerprint density at radius 2 is 2.04 bits per heavy atom. The van der Waals surface area contributed by atoms with E-state index >= 15 is 0 Å². The summed E-state index contributed by atoms with van der Waals surface area (Å²) in [6.07, 6.45) is 6.04. The van der Waals surface area contributed by atoms with Crippen LogP contribution in [-0.4, -0.2) is 23.1 Å². The molecule has 3 heterocycles. The highest BCUT2D eigenvalue weighted by molar-refractivity contribution is 5.96. The van der Waals surface area contributed by atoms with Crippen LogP contribution < -0.4 is 15.8 Å². The van der Waals surface area contributed by atoms with Crippen LogP contribution in [0.3, 0.4) is 0 Å². The van der Waals surface area contributed by atoms with Gasteiger partial charge in [0.1, 0.15) is 17.4 Å². The summed E-state index contributed by atoms with van der Waals surface area (Å²) < 4.78 is 5.80. The molecule has 0 saturated heterocycles. The van der Waals surface area contributed by atoms with Crippen LogP contribution in [0.1, 0.15) is 18.1 Å². The highest BCUT2D eigenvalue weighted by Gasteiger charge is 2.19. The Balaban J connectivity index is 1.79. The zero-order valence-electron chi connectivity index (χ0n) is 14.0. The summed E-state index contributed by atoms with van der Waals surface area (Å²) in [5.41, 5.74) is 11.3. The number of hydrogen-bond donors (Lipinski definition) is 3. The Hall–Kier alpha value is -3.21. The van der Waals surface area contributed by atoms with Crippen LogP contribution in [0.5, 0.6) is 5.75 Å². The third-order valence-corrected chi connectivity index (χ3v) is 4.33. The molecule has 0 saturated carbocycles. The van der Waals surface area contributed by atoms with Crippen LogP contribution >= 0.6 is 0 Å². The van der Waals surface area contributed by atoms with Gasteiger partial charge in [-0.2, -0.15) is 0 Å². The van der Waals surface area contributed by atoms with Crippen LogP contribution in [0.25, 0.3) is 22.8 Å². The SMILES string of the molecule is CCOc1ccccc1-c1c[nH]c2c1C=C(c1ccc(N)nc1)CN2. The Kier molecular flexibility index (Phi) is 3.90. The molecule has 1 aliphatic heterocycles. The lowest BCUT2D eigenvalue weighted by Gasteiger charge is -2.17. The fraction of sp³-hybridized carbons (Fsp3) is 0.150. The van der Waals surface area contributed by atoms with Crippen molar-refractivity contribution in [3.63, 3.8) is 0 Å². The largest absolute Gasteiger partial charge is 0.493 e.